The lowest BCUT2D eigenvalue weighted by Gasteiger charge is -2.41. The Kier molecular flexibility index (Phi) is 18.5. The Morgan fingerprint density at radius 2 is 1.17 bits per heavy atom. The van der Waals surface area contributed by atoms with Crippen molar-refractivity contribution in [3.05, 3.63) is 142 Å². The standard InChI is InChI=1S/C46H66O7/c1-31(17-12-13-18-32(2)20-15-23-34(4)25-27-39-36(6)29-38(47)30-45(39,8)9)19-14-21-33(3)22-16-24-35(5)26-28-40(46(10,11)51)53-44-43(50)42(49)41(48)37(7)52-44/h12-28,37-38,40-44,47-51H,29-30H2,1-11H3/b13-12+,19-14+,20-15+,22-16+,27-25+,28-26+,31-17+,32-18+,33-21+,34-23+,35-24+/t37-,38?,40?,41+,42+,43-,44?/m0/s1. The fourth-order valence-electron chi connectivity index (χ4n) is 6.10. The van der Waals surface area contributed by atoms with Crippen molar-refractivity contribution in [1.82, 2.24) is 0 Å². The first kappa shape index (κ1) is 45.8. The minimum atomic E-state index is -1.45. The van der Waals surface area contributed by atoms with Crippen molar-refractivity contribution in [1.29, 1.82) is 0 Å². The van der Waals surface area contributed by atoms with E-state index in [-0.39, 0.29) is 11.5 Å². The molecule has 0 radical (unpaired) electrons. The van der Waals surface area contributed by atoms with Gasteiger partial charge in [-0.3, -0.25) is 0 Å². The van der Waals surface area contributed by atoms with Crippen molar-refractivity contribution in [3.63, 3.8) is 0 Å². The molecule has 0 bridgehead atoms. The van der Waals surface area contributed by atoms with Crippen LogP contribution in [0, 0.1) is 5.41 Å². The summed E-state index contributed by atoms with van der Waals surface area (Å²) in [4.78, 5) is 0. The molecule has 53 heavy (non-hydrogen) atoms. The summed E-state index contributed by atoms with van der Waals surface area (Å²) in [5.41, 5.74) is 6.72. The highest BCUT2D eigenvalue weighted by molar-refractivity contribution is 5.38. The van der Waals surface area contributed by atoms with Crippen LogP contribution < -0.4 is 0 Å². The number of aliphatic hydroxyl groups is 5. The first-order chi connectivity index (χ1) is 24.7. The van der Waals surface area contributed by atoms with Gasteiger partial charge in [-0.1, -0.05) is 151 Å². The molecule has 1 saturated heterocycles. The molecule has 1 aliphatic carbocycles. The van der Waals surface area contributed by atoms with Crippen LogP contribution >= 0.6 is 0 Å². The zero-order valence-corrected chi connectivity index (χ0v) is 33.8. The van der Waals surface area contributed by atoms with E-state index < -0.39 is 42.4 Å². The van der Waals surface area contributed by atoms with Gasteiger partial charge in [0.25, 0.3) is 0 Å². The summed E-state index contributed by atoms with van der Waals surface area (Å²) in [6, 6.07) is 0. The van der Waals surface area contributed by atoms with E-state index in [1.807, 2.05) is 62.5 Å². The monoisotopic (exact) mass is 730 g/mol. The van der Waals surface area contributed by atoms with Crippen molar-refractivity contribution in [3.8, 4) is 0 Å². The van der Waals surface area contributed by atoms with Gasteiger partial charge in [0.05, 0.1) is 17.8 Å². The number of hydrogen-bond acceptors (Lipinski definition) is 7. The number of allylic oxidation sites excluding steroid dienone is 22. The van der Waals surface area contributed by atoms with E-state index in [1.165, 1.54) is 16.7 Å². The molecular formula is C46H66O7. The lowest BCUT2D eigenvalue weighted by Crippen LogP contribution is -2.58. The van der Waals surface area contributed by atoms with E-state index in [9.17, 15) is 25.5 Å². The molecule has 0 spiro atoms. The summed E-state index contributed by atoms with van der Waals surface area (Å²) in [6.07, 6.45) is 28.8. The van der Waals surface area contributed by atoms with Crippen molar-refractivity contribution >= 4 is 0 Å². The topological polar surface area (TPSA) is 120 Å². The fraction of sp³-hybridized carbons (Fsp3) is 0.478. The zero-order chi connectivity index (χ0) is 39.9. The molecule has 0 aromatic heterocycles. The molecule has 1 heterocycles. The van der Waals surface area contributed by atoms with Crippen LogP contribution in [-0.2, 0) is 9.47 Å². The van der Waals surface area contributed by atoms with Crippen LogP contribution in [0.15, 0.2) is 142 Å². The Bertz CT molecular complexity index is 1580. The van der Waals surface area contributed by atoms with Crippen LogP contribution in [-0.4, -0.2) is 74.0 Å². The van der Waals surface area contributed by atoms with Gasteiger partial charge in [-0.2, -0.15) is 0 Å². The Hall–Kier alpha value is -3.40. The third-order valence-corrected chi connectivity index (χ3v) is 9.29. The smallest absolute Gasteiger partial charge is 0.187 e. The van der Waals surface area contributed by atoms with E-state index in [0.717, 1.165) is 35.1 Å². The van der Waals surface area contributed by atoms with Gasteiger partial charge >= 0.3 is 0 Å². The first-order valence-corrected chi connectivity index (χ1v) is 18.6. The summed E-state index contributed by atoms with van der Waals surface area (Å²) >= 11 is 0. The highest BCUT2D eigenvalue weighted by Crippen LogP contribution is 2.41. The number of rotatable bonds is 15. The summed E-state index contributed by atoms with van der Waals surface area (Å²) in [5.74, 6) is 0. The predicted molar refractivity (Wildman–Crippen MR) is 219 cm³/mol. The van der Waals surface area contributed by atoms with Gasteiger partial charge in [-0.05, 0) is 86.1 Å². The maximum atomic E-state index is 10.7. The maximum absolute atomic E-state index is 10.7. The molecular weight excluding hydrogens is 664 g/mol. The Morgan fingerprint density at radius 3 is 1.64 bits per heavy atom. The highest BCUT2D eigenvalue weighted by atomic mass is 16.7. The predicted octanol–water partition coefficient (Wildman–Crippen LogP) is 8.54. The molecule has 0 amide bonds. The van der Waals surface area contributed by atoms with Gasteiger partial charge in [0.15, 0.2) is 6.29 Å². The lowest BCUT2D eigenvalue weighted by molar-refractivity contribution is -0.309. The second kappa shape index (κ2) is 21.5. The third-order valence-electron chi connectivity index (χ3n) is 9.29. The van der Waals surface area contributed by atoms with E-state index in [2.05, 4.69) is 90.2 Å². The fourth-order valence-corrected chi connectivity index (χ4v) is 6.10. The van der Waals surface area contributed by atoms with E-state index >= 15 is 0 Å². The molecule has 1 aliphatic heterocycles. The van der Waals surface area contributed by atoms with Crippen molar-refractivity contribution in [2.75, 3.05) is 0 Å². The number of aliphatic hydroxyl groups excluding tert-OH is 4. The normalized spacial score (nSPS) is 28.3. The summed E-state index contributed by atoms with van der Waals surface area (Å²) in [7, 11) is 0. The molecule has 7 nitrogen and oxygen atoms in total. The second-order valence-corrected chi connectivity index (χ2v) is 15.7. The molecule has 1 fully saturated rings. The highest BCUT2D eigenvalue weighted by Gasteiger charge is 2.44. The minimum absolute atomic E-state index is 0.0186. The van der Waals surface area contributed by atoms with Gasteiger partial charge in [0, 0.05) is 0 Å². The average Bonchev–Trinajstić information content (AvgIpc) is 3.04. The summed E-state index contributed by atoms with van der Waals surface area (Å²) < 4.78 is 11.4. The summed E-state index contributed by atoms with van der Waals surface area (Å²) in [5, 5.41) is 51.2. The zero-order valence-electron chi connectivity index (χ0n) is 33.8. The van der Waals surface area contributed by atoms with Crippen molar-refractivity contribution in [2.24, 2.45) is 5.41 Å². The molecule has 0 aromatic carbocycles. The van der Waals surface area contributed by atoms with Crippen LogP contribution in [0.2, 0.25) is 0 Å². The number of ether oxygens (including phenoxy) is 2. The van der Waals surface area contributed by atoms with E-state index in [1.54, 1.807) is 26.8 Å². The van der Waals surface area contributed by atoms with E-state index in [0.29, 0.717) is 0 Å². The van der Waals surface area contributed by atoms with Gasteiger partial charge < -0.3 is 35.0 Å². The molecule has 5 N–H and O–H groups in total. The minimum Gasteiger partial charge on any atom is -0.393 e. The molecule has 292 valence electrons. The van der Waals surface area contributed by atoms with Crippen LogP contribution in [0.4, 0.5) is 0 Å². The molecule has 3 unspecified atom stereocenters. The van der Waals surface area contributed by atoms with Crippen LogP contribution in [0.1, 0.15) is 89.0 Å². The molecule has 2 rings (SSSR count). The van der Waals surface area contributed by atoms with Crippen molar-refractivity contribution in [2.45, 2.75) is 138 Å². The molecule has 0 saturated carbocycles. The Balaban J connectivity index is 1.90. The van der Waals surface area contributed by atoms with Gasteiger partial charge in [0.1, 0.15) is 24.4 Å². The Morgan fingerprint density at radius 1 is 0.717 bits per heavy atom. The lowest BCUT2D eigenvalue weighted by atomic mass is 9.71. The maximum Gasteiger partial charge on any atom is 0.187 e. The molecule has 7 atom stereocenters. The quantitative estimate of drug-likeness (QED) is 0.107. The van der Waals surface area contributed by atoms with Gasteiger partial charge in [-0.25, -0.2) is 0 Å². The largest absolute Gasteiger partial charge is 0.393 e. The SMILES string of the molecule is CC1=C(/C=C/C(C)=C/C=C/C(C)=C/C=C/C=C(C)/C=C/C=C(C)/C=C/C=C(C)/C=C/C(OC2O[C@@H](C)[C@@H](O)[C@@H](O)[C@@H]2O)C(C)(C)O)C(C)(C)CC(O)C1. The average molecular weight is 731 g/mol. The van der Waals surface area contributed by atoms with Crippen LogP contribution in [0.3, 0.4) is 0 Å². The molecule has 0 aromatic rings. The first-order valence-electron chi connectivity index (χ1n) is 18.6. The van der Waals surface area contributed by atoms with E-state index in [4.69, 9.17) is 9.47 Å². The number of hydrogen-bond donors (Lipinski definition) is 5. The molecule has 7 heteroatoms. The van der Waals surface area contributed by atoms with Crippen LogP contribution in [0.25, 0.3) is 0 Å². The molecule has 2 aliphatic rings. The third kappa shape index (κ3) is 16.2. The van der Waals surface area contributed by atoms with Gasteiger partial charge in [0.2, 0.25) is 0 Å². The Labute approximate surface area is 319 Å². The van der Waals surface area contributed by atoms with Crippen LogP contribution in [0.5, 0.6) is 0 Å². The van der Waals surface area contributed by atoms with Crippen molar-refractivity contribution < 1.29 is 35.0 Å². The summed E-state index contributed by atoms with van der Waals surface area (Å²) in [6.45, 7) is 21.5. The van der Waals surface area contributed by atoms with Gasteiger partial charge in [-0.15, -0.1) is 0 Å². The second-order valence-electron chi connectivity index (χ2n) is 15.7.